The molecule has 0 radical (unpaired) electrons. The third-order valence-electron chi connectivity index (χ3n) is 2.65. The van der Waals surface area contributed by atoms with Gasteiger partial charge in [-0.05, 0) is 44.2 Å². The maximum atomic E-state index is 3.51. The molecule has 1 N–H and O–H groups in total. The quantitative estimate of drug-likeness (QED) is 0.571. The molecular formula is C12H27N. The van der Waals surface area contributed by atoms with Gasteiger partial charge in [0, 0.05) is 0 Å². The highest BCUT2D eigenvalue weighted by Gasteiger charge is 1.97. The van der Waals surface area contributed by atoms with Crippen LogP contribution in [0.4, 0.5) is 0 Å². The standard InChI is InChI=1S/C12H27N/c1-5-12(4)8-10-13-9-6-7-11(2)3/h11-13H,5-10H2,1-4H3. The van der Waals surface area contributed by atoms with Crippen molar-refractivity contribution in [2.75, 3.05) is 13.1 Å². The van der Waals surface area contributed by atoms with Gasteiger partial charge in [-0.1, -0.05) is 34.1 Å². The Kier molecular flexibility index (Phi) is 8.53. The van der Waals surface area contributed by atoms with Crippen LogP contribution in [0, 0.1) is 11.8 Å². The Hall–Kier alpha value is -0.0400. The van der Waals surface area contributed by atoms with Gasteiger partial charge in [-0.25, -0.2) is 0 Å². The first-order valence-corrected chi connectivity index (χ1v) is 5.87. The molecule has 0 aromatic rings. The van der Waals surface area contributed by atoms with Crippen molar-refractivity contribution in [2.24, 2.45) is 11.8 Å². The summed E-state index contributed by atoms with van der Waals surface area (Å²) in [6, 6.07) is 0. The van der Waals surface area contributed by atoms with Crippen LogP contribution in [0.15, 0.2) is 0 Å². The van der Waals surface area contributed by atoms with Crippen molar-refractivity contribution >= 4 is 0 Å². The van der Waals surface area contributed by atoms with Crippen LogP contribution < -0.4 is 5.32 Å². The van der Waals surface area contributed by atoms with Gasteiger partial charge in [-0.2, -0.15) is 0 Å². The molecule has 1 nitrogen and oxygen atoms in total. The molecule has 0 aliphatic carbocycles. The fourth-order valence-corrected chi connectivity index (χ4v) is 1.31. The van der Waals surface area contributed by atoms with Gasteiger partial charge in [0.15, 0.2) is 0 Å². The number of nitrogens with one attached hydrogen (secondary N) is 1. The van der Waals surface area contributed by atoms with E-state index < -0.39 is 0 Å². The topological polar surface area (TPSA) is 12.0 Å². The molecule has 1 heteroatoms. The molecule has 0 saturated heterocycles. The lowest BCUT2D eigenvalue weighted by atomic mass is 10.1. The summed E-state index contributed by atoms with van der Waals surface area (Å²) in [5, 5.41) is 3.51. The summed E-state index contributed by atoms with van der Waals surface area (Å²) < 4.78 is 0. The minimum absolute atomic E-state index is 0.858. The van der Waals surface area contributed by atoms with Crippen LogP contribution in [-0.4, -0.2) is 13.1 Å². The summed E-state index contributed by atoms with van der Waals surface area (Å²) in [6.07, 6.45) is 5.33. The first-order valence-electron chi connectivity index (χ1n) is 5.87. The Morgan fingerprint density at radius 1 is 1.00 bits per heavy atom. The van der Waals surface area contributed by atoms with Crippen LogP contribution in [0.2, 0.25) is 0 Å². The molecule has 0 saturated carbocycles. The molecule has 0 fully saturated rings. The molecule has 80 valence electrons. The van der Waals surface area contributed by atoms with Gasteiger partial charge >= 0.3 is 0 Å². The molecule has 0 aliphatic heterocycles. The Labute approximate surface area is 84.3 Å². The monoisotopic (exact) mass is 185 g/mol. The normalized spacial score (nSPS) is 13.6. The lowest BCUT2D eigenvalue weighted by Gasteiger charge is -2.09. The van der Waals surface area contributed by atoms with E-state index in [4.69, 9.17) is 0 Å². The Bertz CT molecular complexity index is 99.3. The van der Waals surface area contributed by atoms with Gasteiger partial charge in [0.25, 0.3) is 0 Å². The lowest BCUT2D eigenvalue weighted by molar-refractivity contribution is 0.471. The molecule has 0 aliphatic rings. The van der Waals surface area contributed by atoms with Crippen LogP contribution in [0.3, 0.4) is 0 Å². The lowest BCUT2D eigenvalue weighted by Crippen LogP contribution is -2.18. The van der Waals surface area contributed by atoms with Crippen LogP contribution in [0.1, 0.15) is 53.4 Å². The second-order valence-electron chi connectivity index (χ2n) is 4.59. The molecular weight excluding hydrogens is 158 g/mol. The molecule has 0 aromatic carbocycles. The minimum atomic E-state index is 0.858. The average molecular weight is 185 g/mol. The van der Waals surface area contributed by atoms with Crippen molar-refractivity contribution in [1.29, 1.82) is 0 Å². The molecule has 0 rings (SSSR count). The predicted octanol–water partition coefficient (Wildman–Crippen LogP) is 3.45. The van der Waals surface area contributed by atoms with Gasteiger partial charge in [-0.3, -0.25) is 0 Å². The molecule has 1 unspecified atom stereocenters. The summed E-state index contributed by atoms with van der Waals surface area (Å²) in [6.45, 7) is 11.6. The van der Waals surface area contributed by atoms with E-state index in [0.29, 0.717) is 0 Å². The molecule has 0 aromatic heterocycles. The first kappa shape index (κ1) is 13.0. The summed E-state index contributed by atoms with van der Waals surface area (Å²) in [7, 11) is 0. The highest BCUT2D eigenvalue weighted by molar-refractivity contribution is 4.55. The Balaban J connectivity index is 2.99. The van der Waals surface area contributed by atoms with E-state index in [0.717, 1.165) is 11.8 Å². The minimum Gasteiger partial charge on any atom is -0.317 e. The largest absolute Gasteiger partial charge is 0.317 e. The van der Waals surface area contributed by atoms with E-state index in [1.165, 1.54) is 38.8 Å². The number of hydrogen-bond donors (Lipinski definition) is 1. The van der Waals surface area contributed by atoms with Crippen molar-refractivity contribution in [3.63, 3.8) is 0 Å². The number of hydrogen-bond acceptors (Lipinski definition) is 1. The molecule has 0 bridgehead atoms. The van der Waals surface area contributed by atoms with E-state index in [1.54, 1.807) is 0 Å². The smallest absolute Gasteiger partial charge is 0.00464 e. The summed E-state index contributed by atoms with van der Waals surface area (Å²) in [4.78, 5) is 0. The fourth-order valence-electron chi connectivity index (χ4n) is 1.31. The SMILES string of the molecule is CCC(C)CCNCCCC(C)C. The van der Waals surface area contributed by atoms with Crippen molar-refractivity contribution in [3.8, 4) is 0 Å². The molecule has 0 amide bonds. The van der Waals surface area contributed by atoms with Crippen molar-refractivity contribution in [2.45, 2.75) is 53.4 Å². The summed E-state index contributed by atoms with van der Waals surface area (Å²) in [5.41, 5.74) is 0. The average Bonchev–Trinajstić information content (AvgIpc) is 2.10. The van der Waals surface area contributed by atoms with Crippen LogP contribution >= 0.6 is 0 Å². The zero-order valence-electron chi connectivity index (χ0n) is 9.90. The van der Waals surface area contributed by atoms with Crippen molar-refractivity contribution < 1.29 is 0 Å². The summed E-state index contributed by atoms with van der Waals surface area (Å²) in [5.74, 6) is 1.74. The van der Waals surface area contributed by atoms with E-state index >= 15 is 0 Å². The molecule has 13 heavy (non-hydrogen) atoms. The maximum Gasteiger partial charge on any atom is -0.00464 e. The predicted molar refractivity (Wildman–Crippen MR) is 61.0 cm³/mol. The van der Waals surface area contributed by atoms with E-state index in [-0.39, 0.29) is 0 Å². The van der Waals surface area contributed by atoms with Crippen molar-refractivity contribution in [3.05, 3.63) is 0 Å². The van der Waals surface area contributed by atoms with Gasteiger partial charge in [0.1, 0.15) is 0 Å². The Morgan fingerprint density at radius 3 is 2.23 bits per heavy atom. The molecule has 0 spiro atoms. The first-order chi connectivity index (χ1) is 6.16. The van der Waals surface area contributed by atoms with Gasteiger partial charge in [-0.15, -0.1) is 0 Å². The highest BCUT2D eigenvalue weighted by Crippen LogP contribution is 2.05. The Morgan fingerprint density at radius 2 is 1.69 bits per heavy atom. The van der Waals surface area contributed by atoms with Gasteiger partial charge in [0.2, 0.25) is 0 Å². The van der Waals surface area contributed by atoms with E-state index in [2.05, 4.69) is 33.0 Å². The van der Waals surface area contributed by atoms with Gasteiger partial charge < -0.3 is 5.32 Å². The van der Waals surface area contributed by atoms with Crippen LogP contribution in [0.5, 0.6) is 0 Å². The third kappa shape index (κ3) is 9.88. The highest BCUT2D eigenvalue weighted by atomic mass is 14.8. The van der Waals surface area contributed by atoms with Gasteiger partial charge in [0.05, 0.1) is 0 Å². The summed E-state index contributed by atoms with van der Waals surface area (Å²) >= 11 is 0. The van der Waals surface area contributed by atoms with Crippen molar-refractivity contribution in [1.82, 2.24) is 5.32 Å². The second kappa shape index (κ2) is 8.55. The zero-order chi connectivity index (χ0) is 10.1. The molecule has 0 heterocycles. The fraction of sp³-hybridized carbons (Fsp3) is 1.00. The van der Waals surface area contributed by atoms with E-state index in [9.17, 15) is 0 Å². The van der Waals surface area contributed by atoms with E-state index in [1.807, 2.05) is 0 Å². The maximum absolute atomic E-state index is 3.51. The zero-order valence-corrected chi connectivity index (χ0v) is 9.90. The molecule has 1 atom stereocenters. The number of rotatable bonds is 8. The second-order valence-corrected chi connectivity index (χ2v) is 4.59. The third-order valence-corrected chi connectivity index (χ3v) is 2.65. The van der Waals surface area contributed by atoms with Crippen LogP contribution in [0.25, 0.3) is 0 Å². The van der Waals surface area contributed by atoms with Crippen LogP contribution in [-0.2, 0) is 0 Å².